The smallest absolute Gasteiger partial charge is 0.307 e. The molecule has 2 rings (SSSR count). The molecule has 1 aromatic rings. The van der Waals surface area contributed by atoms with E-state index in [9.17, 15) is 20.0 Å². The molecule has 6 heteroatoms. The van der Waals surface area contributed by atoms with Gasteiger partial charge < -0.3 is 10.0 Å². The van der Waals surface area contributed by atoms with Gasteiger partial charge in [-0.15, -0.1) is 0 Å². The minimum absolute atomic E-state index is 0.0765. The molecule has 1 atom stereocenters. The second-order valence-electron chi connectivity index (χ2n) is 8.37. The molecule has 1 saturated carbocycles. The molecule has 0 spiro atoms. The van der Waals surface area contributed by atoms with Crippen LogP contribution in [0.4, 0.5) is 11.4 Å². The first-order chi connectivity index (χ1) is 12.1. The second-order valence-corrected chi connectivity index (χ2v) is 8.37. The summed E-state index contributed by atoms with van der Waals surface area (Å²) >= 11 is 0. The second kappa shape index (κ2) is 7.64. The molecule has 0 heterocycles. The van der Waals surface area contributed by atoms with E-state index >= 15 is 0 Å². The summed E-state index contributed by atoms with van der Waals surface area (Å²) in [6.07, 6.45) is 1.53. The molecular formula is C20H30N2O4. The number of hydrogen-bond donors (Lipinski definition) is 1. The van der Waals surface area contributed by atoms with Crippen LogP contribution < -0.4 is 4.90 Å². The van der Waals surface area contributed by atoms with Crippen molar-refractivity contribution in [2.75, 3.05) is 18.0 Å². The van der Waals surface area contributed by atoms with Gasteiger partial charge in [-0.2, -0.15) is 0 Å². The minimum atomic E-state index is -0.851. The SMILES string of the molecule is CC(C)CN(CC(C)C)c1ccc(C2(C(C)C(=O)O)CC2)cc1[N+](=O)[O-]. The highest BCUT2D eigenvalue weighted by atomic mass is 16.6. The minimum Gasteiger partial charge on any atom is -0.481 e. The average molecular weight is 362 g/mol. The van der Waals surface area contributed by atoms with Crippen LogP contribution in [0.15, 0.2) is 18.2 Å². The van der Waals surface area contributed by atoms with Gasteiger partial charge in [-0.25, -0.2) is 0 Å². The maximum atomic E-state index is 11.8. The van der Waals surface area contributed by atoms with E-state index in [-0.39, 0.29) is 10.6 Å². The number of hydrogen-bond acceptors (Lipinski definition) is 4. The third-order valence-corrected chi connectivity index (χ3v) is 5.25. The van der Waals surface area contributed by atoms with Crippen molar-refractivity contribution in [3.05, 3.63) is 33.9 Å². The summed E-state index contributed by atoms with van der Waals surface area (Å²) in [6, 6.07) is 5.31. The number of anilines is 1. The Bertz CT molecular complexity index is 670. The molecule has 0 saturated heterocycles. The summed E-state index contributed by atoms with van der Waals surface area (Å²) in [5.74, 6) is -0.629. The highest BCUT2D eigenvalue weighted by Gasteiger charge is 2.52. The van der Waals surface area contributed by atoms with Crippen molar-refractivity contribution in [1.82, 2.24) is 0 Å². The third-order valence-electron chi connectivity index (χ3n) is 5.25. The normalized spacial score (nSPS) is 16.6. The maximum Gasteiger partial charge on any atom is 0.307 e. The molecular weight excluding hydrogens is 332 g/mol. The van der Waals surface area contributed by atoms with Crippen LogP contribution in [0.3, 0.4) is 0 Å². The van der Waals surface area contributed by atoms with E-state index in [1.165, 1.54) is 0 Å². The number of rotatable bonds is 9. The van der Waals surface area contributed by atoms with Crippen LogP contribution in [0.25, 0.3) is 0 Å². The van der Waals surface area contributed by atoms with Crippen molar-refractivity contribution in [2.24, 2.45) is 17.8 Å². The lowest BCUT2D eigenvalue weighted by Gasteiger charge is -2.29. The van der Waals surface area contributed by atoms with Gasteiger partial charge in [0.25, 0.3) is 5.69 Å². The van der Waals surface area contributed by atoms with Gasteiger partial charge in [0.1, 0.15) is 5.69 Å². The topological polar surface area (TPSA) is 83.7 Å². The van der Waals surface area contributed by atoms with Crippen molar-refractivity contribution < 1.29 is 14.8 Å². The van der Waals surface area contributed by atoms with E-state index in [0.29, 0.717) is 17.5 Å². The monoisotopic (exact) mass is 362 g/mol. The molecule has 144 valence electrons. The van der Waals surface area contributed by atoms with Crippen LogP contribution in [-0.4, -0.2) is 29.1 Å². The fourth-order valence-electron chi connectivity index (χ4n) is 3.74. The molecule has 0 aromatic heterocycles. The zero-order chi connectivity index (χ0) is 19.6. The summed E-state index contributed by atoms with van der Waals surface area (Å²) < 4.78 is 0. The van der Waals surface area contributed by atoms with Gasteiger partial charge in [0.05, 0.1) is 10.8 Å². The van der Waals surface area contributed by atoms with Crippen LogP contribution in [0, 0.1) is 27.9 Å². The molecule has 6 nitrogen and oxygen atoms in total. The Balaban J connectivity index is 2.46. The predicted octanol–water partition coefficient (Wildman–Crippen LogP) is 4.47. The van der Waals surface area contributed by atoms with Crippen molar-refractivity contribution in [1.29, 1.82) is 0 Å². The molecule has 1 N–H and O–H groups in total. The average Bonchev–Trinajstić information content (AvgIpc) is 3.33. The van der Waals surface area contributed by atoms with Crippen LogP contribution >= 0.6 is 0 Å². The van der Waals surface area contributed by atoms with E-state index in [0.717, 1.165) is 31.5 Å². The fraction of sp³-hybridized carbons (Fsp3) is 0.650. The molecule has 1 aliphatic rings. The van der Waals surface area contributed by atoms with Gasteiger partial charge in [-0.3, -0.25) is 14.9 Å². The first-order valence-electron chi connectivity index (χ1n) is 9.35. The lowest BCUT2D eigenvalue weighted by molar-refractivity contribution is -0.384. The van der Waals surface area contributed by atoms with Gasteiger partial charge in [0, 0.05) is 24.6 Å². The van der Waals surface area contributed by atoms with Crippen molar-refractivity contribution >= 4 is 17.3 Å². The molecule has 1 aromatic carbocycles. The first kappa shape index (κ1) is 20.2. The van der Waals surface area contributed by atoms with E-state index in [1.54, 1.807) is 13.0 Å². The number of benzene rings is 1. The molecule has 0 radical (unpaired) electrons. The fourth-order valence-corrected chi connectivity index (χ4v) is 3.74. The van der Waals surface area contributed by atoms with E-state index in [4.69, 9.17) is 0 Å². The summed E-state index contributed by atoms with van der Waals surface area (Å²) in [6.45, 7) is 11.6. The molecule has 1 aliphatic carbocycles. The van der Waals surface area contributed by atoms with Gasteiger partial charge in [-0.1, -0.05) is 40.7 Å². The number of nitro groups is 1. The summed E-state index contributed by atoms with van der Waals surface area (Å²) in [5, 5.41) is 21.2. The van der Waals surface area contributed by atoms with Crippen molar-refractivity contribution in [3.63, 3.8) is 0 Å². The van der Waals surface area contributed by atoms with Crippen LogP contribution in [0.1, 0.15) is 53.0 Å². The number of nitrogens with zero attached hydrogens (tertiary/aromatic N) is 2. The van der Waals surface area contributed by atoms with Crippen molar-refractivity contribution in [3.8, 4) is 0 Å². The molecule has 1 unspecified atom stereocenters. The lowest BCUT2D eigenvalue weighted by Crippen LogP contribution is -2.32. The van der Waals surface area contributed by atoms with Crippen LogP contribution in [-0.2, 0) is 10.2 Å². The van der Waals surface area contributed by atoms with Gasteiger partial charge >= 0.3 is 5.97 Å². The van der Waals surface area contributed by atoms with Gasteiger partial charge in [0.15, 0.2) is 0 Å². The Kier molecular flexibility index (Phi) is 5.94. The highest BCUT2D eigenvalue weighted by molar-refractivity contribution is 5.74. The Hall–Kier alpha value is -2.11. The standard InChI is InChI=1S/C20H30N2O4/c1-13(2)11-21(12-14(3)4)17-7-6-16(10-18(17)22(25)26)20(8-9-20)15(5)19(23)24/h6-7,10,13-15H,8-9,11-12H2,1-5H3,(H,23,24). The maximum absolute atomic E-state index is 11.8. The molecule has 0 amide bonds. The number of nitro benzene ring substituents is 1. The Morgan fingerprint density at radius 3 is 2.12 bits per heavy atom. The van der Waals surface area contributed by atoms with Gasteiger partial charge in [-0.05, 0) is 36.3 Å². The number of carboxylic acid groups (broad SMARTS) is 1. The molecule has 0 bridgehead atoms. The lowest BCUT2D eigenvalue weighted by atomic mass is 9.83. The highest BCUT2D eigenvalue weighted by Crippen LogP contribution is 2.55. The third kappa shape index (κ3) is 4.17. The van der Waals surface area contributed by atoms with E-state index in [2.05, 4.69) is 32.6 Å². The quantitative estimate of drug-likeness (QED) is 0.518. The molecule has 1 fully saturated rings. The summed E-state index contributed by atoms with van der Waals surface area (Å²) in [4.78, 5) is 25.0. The van der Waals surface area contributed by atoms with E-state index < -0.39 is 17.3 Å². The molecule has 0 aliphatic heterocycles. The van der Waals surface area contributed by atoms with Crippen LogP contribution in [0.2, 0.25) is 0 Å². The zero-order valence-corrected chi connectivity index (χ0v) is 16.4. The summed E-state index contributed by atoms with van der Waals surface area (Å²) in [7, 11) is 0. The van der Waals surface area contributed by atoms with Crippen molar-refractivity contribution in [2.45, 2.75) is 52.9 Å². The number of carboxylic acids is 1. The summed E-state index contributed by atoms with van der Waals surface area (Å²) in [5.41, 5.74) is 1.01. The number of aliphatic carboxylic acids is 1. The Labute approximate surface area is 155 Å². The van der Waals surface area contributed by atoms with Gasteiger partial charge in [0.2, 0.25) is 0 Å². The zero-order valence-electron chi connectivity index (χ0n) is 16.4. The largest absolute Gasteiger partial charge is 0.481 e. The predicted molar refractivity (Wildman–Crippen MR) is 103 cm³/mol. The van der Waals surface area contributed by atoms with Crippen LogP contribution in [0.5, 0.6) is 0 Å². The first-order valence-corrected chi connectivity index (χ1v) is 9.35. The number of carbonyl (C=O) groups is 1. The Morgan fingerprint density at radius 1 is 1.19 bits per heavy atom. The molecule has 26 heavy (non-hydrogen) atoms. The Morgan fingerprint density at radius 2 is 1.73 bits per heavy atom. The van der Waals surface area contributed by atoms with E-state index in [1.807, 2.05) is 12.1 Å².